The standard InChI is InChI=1S/C18H32O4/c1-12(6-4-11-18(3,22)16(20)21)13-8-9-14-15(19)7-5-10-17(13,14)2/h12-15,19,22H,4-11H2,1-3H3,(H,20,21)/t12-,13-,14?,15?,17-,18-/m1/s1. The molecule has 22 heavy (non-hydrogen) atoms. The number of fused-ring (bicyclic) bond motifs is 1. The van der Waals surface area contributed by atoms with Crippen LogP contribution in [0.4, 0.5) is 0 Å². The molecule has 2 aliphatic rings. The highest BCUT2D eigenvalue weighted by molar-refractivity contribution is 5.76. The quantitative estimate of drug-likeness (QED) is 0.704. The maximum atomic E-state index is 11.0. The molecule has 4 heteroatoms. The SMILES string of the molecule is C[C@H](CCC[C@@](C)(O)C(=O)O)[C@H]1CCC2C(O)CCC[C@@]21C. The fraction of sp³-hybridized carbons (Fsp3) is 0.944. The summed E-state index contributed by atoms with van der Waals surface area (Å²) in [6.45, 7) is 5.99. The third-order valence-electron chi connectivity index (χ3n) is 6.63. The van der Waals surface area contributed by atoms with E-state index >= 15 is 0 Å². The van der Waals surface area contributed by atoms with Crippen molar-refractivity contribution >= 4 is 5.97 Å². The van der Waals surface area contributed by atoms with Crippen LogP contribution in [0.1, 0.15) is 72.1 Å². The number of aliphatic carboxylic acids is 1. The molecule has 2 fully saturated rings. The van der Waals surface area contributed by atoms with E-state index in [0.717, 1.165) is 32.1 Å². The Morgan fingerprint density at radius 2 is 2.05 bits per heavy atom. The van der Waals surface area contributed by atoms with Gasteiger partial charge >= 0.3 is 5.97 Å². The van der Waals surface area contributed by atoms with E-state index in [1.54, 1.807) is 0 Å². The Kier molecular flexibility index (Phi) is 5.23. The average molecular weight is 312 g/mol. The van der Waals surface area contributed by atoms with E-state index in [1.807, 2.05) is 0 Å². The Morgan fingerprint density at radius 1 is 1.36 bits per heavy atom. The molecular weight excluding hydrogens is 280 g/mol. The molecule has 0 amide bonds. The summed E-state index contributed by atoms with van der Waals surface area (Å²) < 4.78 is 0. The number of rotatable bonds is 6. The number of carbonyl (C=O) groups is 1. The number of aliphatic hydroxyl groups excluding tert-OH is 1. The molecule has 2 unspecified atom stereocenters. The lowest BCUT2D eigenvalue weighted by Gasteiger charge is -2.45. The minimum Gasteiger partial charge on any atom is -0.479 e. The summed E-state index contributed by atoms with van der Waals surface area (Å²) >= 11 is 0. The van der Waals surface area contributed by atoms with E-state index in [-0.39, 0.29) is 11.5 Å². The summed E-state index contributed by atoms with van der Waals surface area (Å²) in [5.74, 6) is 0.436. The maximum Gasteiger partial charge on any atom is 0.335 e. The minimum absolute atomic E-state index is 0.135. The average Bonchev–Trinajstić information content (AvgIpc) is 2.76. The Labute approximate surface area is 133 Å². The highest BCUT2D eigenvalue weighted by Crippen LogP contribution is 2.58. The molecule has 6 atom stereocenters. The highest BCUT2D eigenvalue weighted by atomic mass is 16.4. The zero-order valence-electron chi connectivity index (χ0n) is 14.2. The monoisotopic (exact) mass is 312 g/mol. The van der Waals surface area contributed by atoms with Crippen LogP contribution in [0.25, 0.3) is 0 Å². The zero-order chi connectivity index (χ0) is 16.5. The van der Waals surface area contributed by atoms with Crippen molar-refractivity contribution in [1.29, 1.82) is 0 Å². The van der Waals surface area contributed by atoms with Gasteiger partial charge in [0.1, 0.15) is 0 Å². The molecule has 0 bridgehead atoms. The lowest BCUT2D eigenvalue weighted by atomic mass is 9.61. The molecule has 0 aliphatic heterocycles. The highest BCUT2D eigenvalue weighted by Gasteiger charge is 2.52. The number of carboxylic acid groups (broad SMARTS) is 1. The minimum atomic E-state index is -1.61. The Hall–Kier alpha value is -0.610. The Balaban J connectivity index is 1.90. The zero-order valence-corrected chi connectivity index (χ0v) is 14.2. The number of hydrogen-bond donors (Lipinski definition) is 3. The second kappa shape index (κ2) is 6.48. The Morgan fingerprint density at radius 3 is 2.68 bits per heavy atom. The van der Waals surface area contributed by atoms with Crippen molar-refractivity contribution in [2.24, 2.45) is 23.2 Å². The Bertz CT molecular complexity index is 406. The van der Waals surface area contributed by atoms with Gasteiger partial charge in [-0.25, -0.2) is 4.79 Å². The van der Waals surface area contributed by atoms with E-state index in [4.69, 9.17) is 5.11 Å². The van der Waals surface area contributed by atoms with Gasteiger partial charge in [-0.15, -0.1) is 0 Å². The second-order valence-corrected chi connectivity index (χ2v) is 8.20. The summed E-state index contributed by atoms with van der Waals surface area (Å²) in [7, 11) is 0. The topological polar surface area (TPSA) is 77.8 Å². The van der Waals surface area contributed by atoms with Crippen molar-refractivity contribution in [3.8, 4) is 0 Å². The molecule has 3 N–H and O–H groups in total. The first-order valence-electron chi connectivity index (χ1n) is 8.82. The normalized spacial score (nSPS) is 39.0. The van der Waals surface area contributed by atoms with Gasteiger partial charge in [0.2, 0.25) is 0 Å². The third kappa shape index (κ3) is 3.33. The smallest absolute Gasteiger partial charge is 0.335 e. The van der Waals surface area contributed by atoms with E-state index < -0.39 is 11.6 Å². The molecular formula is C18H32O4. The summed E-state index contributed by atoms with van der Waals surface area (Å²) in [6.07, 6.45) is 7.43. The van der Waals surface area contributed by atoms with Crippen molar-refractivity contribution in [1.82, 2.24) is 0 Å². The molecule has 0 heterocycles. The van der Waals surface area contributed by atoms with Crippen molar-refractivity contribution in [2.75, 3.05) is 0 Å². The molecule has 2 rings (SSSR count). The van der Waals surface area contributed by atoms with Crippen molar-refractivity contribution in [3.05, 3.63) is 0 Å². The van der Waals surface area contributed by atoms with Gasteiger partial charge in [0, 0.05) is 0 Å². The van der Waals surface area contributed by atoms with Crippen LogP contribution in [0, 0.1) is 23.2 Å². The van der Waals surface area contributed by atoms with E-state index in [1.165, 1.54) is 19.8 Å². The van der Waals surface area contributed by atoms with Gasteiger partial charge in [-0.05, 0) is 68.6 Å². The number of carboxylic acids is 1. The predicted octanol–water partition coefficient (Wildman–Crippen LogP) is 3.21. The molecule has 4 nitrogen and oxygen atoms in total. The molecule has 0 spiro atoms. The molecule has 0 aromatic heterocycles. The van der Waals surface area contributed by atoms with Crippen molar-refractivity contribution in [3.63, 3.8) is 0 Å². The third-order valence-corrected chi connectivity index (χ3v) is 6.63. The molecule has 0 aromatic rings. The van der Waals surface area contributed by atoms with Crippen molar-refractivity contribution in [2.45, 2.75) is 83.8 Å². The van der Waals surface area contributed by atoms with Gasteiger partial charge in [0.25, 0.3) is 0 Å². The van der Waals surface area contributed by atoms with Crippen LogP contribution in [0.15, 0.2) is 0 Å². The summed E-state index contributed by atoms with van der Waals surface area (Å²) in [6, 6.07) is 0. The van der Waals surface area contributed by atoms with Crippen LogP contribution in [0.2, 0.25) is 0 Å². The fourth-order valence-electron chi connectivity index (χ4n) is 5.20. The van der Waals surface area contributed by atoms with Gasteiger partial charge in [0.15, 0.2) is 5.60 Å². The van der Waals surface area contributed by atoms with Gasteiger partial charge in [-0.1, -0.05) is 26.7 Å². The number of hydrogen-bond acceptors (Lipinski definition) is 3. The van der Waals surface area contributed by atoms with Crippen LogP contribution in [-0.2, 0) is 4.79 Å². The van der Waals surface area contributed by atoms with Gasteiger partial charge in [0.05, 0.1) is 6.10 Å². The number of aliphatic hydroxyl groups is 2. The summed E-state index contributed by atoms with van der Waals surface area (Å²) in [5.41, 5.74) is -1.37. The van der Waals surface area contributed by atoms with Crippen LogP contribution in [0.3, 0.4) is 0 Å². The maximum absolute atomic E-state index is 11.0. The first-order valence-corrected chi connectivity index (χ1v) is 8.82. The summed E-state index contributed by atoms with van der Waals surface area (Å²) in [4.78, 5) is 11.0. The predicted molar refractivity (Wildman–Crippen MR) is 85.5 cm³/mol. The van der Waals surface area contributed by atoms with Crippen molar-refractivity contribution < 1.29 is 20.1 Å². The van der Waals surface area contributed by atoms with Crippen LogP contribution in [-0.4, -0.2) is 33.0 Å². The molecule has 0 saturated heterocycles. The first kappa shape index (κ1) is 17.7. The van der Waals surface area contributed by atoms with Crippen LogP contribution < -0.4 is 0 Å². The molecule has 2 saturated carbocycles. The van der Waals surface area contributed by atoms with Gasteiger partial charge in [-0.2, -0.15) is 0 Å². The van der Waals surface area contributed by atoms with E-state index in [2.05, 4.69) is 13.8 Å². The fourth-order valence-corrected chi connectivity index (χ4v) is 5.20. The first-order chi connectivity index (χ1) is 10.2. The molecule has 0 radical (unpaired) electrons. The molecule has 128 valence electrons. The van der Waals surface area contributed by atoms with E-state index in [0.29, 0.717) is 24.2 Å². The molecule has 2 aliphatic carbocycles. The second-order valence-electron chi connectivity index (χ2n) is 8.20. The summed E-state index contributed by atoms with van der Waals surface area (Å²) in [5, 5.41) is 29.1. The van der Waals surface area contributed by atoms with Gasteiger partial charge in [-0.3, -0.25) is 0 Å². The van der Waals surface area contributed by atoms with Crippen LogP contribution in [0.5, 0.6) is 0 Å². The largest absolute Gasteiger partial charge is 0.479 e. The lowest BCUT2D eigenvalue weighted by molar-refractivity contribution is -0.157. The van der Waals surface area contributed by atoms with Crippen LogP contribution >= 0.6 is 0 Å². The lowest BCUT2D eigenvalue weighted by Crippen LogP contribution is -2.41. The molecule has 0 aromatic carbocycles. The van der Waals surface area contributed by atoms with Gasteiger partial charge < -0.3 is 15.3 Å². The van der Waals surface area contributed by atoms with E-state index in [9.17, 15) is 15.0 Å².